The van der Waals surface area contributed by atoms with Crippen LogP contribution in [-0.2, 0) is 12.8 Å². The van der Waals surface area contributed by atoms with Crippen LogP contribution in [0.25, 0.3) is 10.8 Å². The van der Waals surface area contributed by atoms with Gasteiger partial charge in [0.25, 0.3) is 5.91 Å². The van der Waals surface area contributed by atoms with E-state index in [-0.39, 0.29) is 5.91 Å². The van der Waals surface area contributed by atoms with Gasteiger partial charge in [0.2, 0.25) is 0 Å². The van der Waals surface area contributed by atoms with Crippen LogP contribution in [-0.4, -0.2) is 19.0 Å². The molecule has 2 aliphatic rings. The van der Waals surface area contributed by atoms with E-state index < -0.39 is 12.1 Å². The maximum absolute atomic E-state index is 13.1. The molecule has 6 nitrogen and oxygen atoms in total. The molecule has 4 aromatic rings. The molecule has 0 bridgehead atoms. The van der Waals surface area contributed by atoms with Gasteiger partial charge in [0.1, 0.15) is 11.2 Å². The number of rotatable bonds is 4. The highest BCUT2D eigenvalue weighted by atomic mass is 32.1. The molecule has 2 heterocycles. The smallest absolute Gasteiger partial charge is 0.344 e. The Morgan fingerprint density at radius 3 is 2.72 bits per heavy atom. The molecule has 3 aromatic carbocycles. The highest BCUT2D eigenvalue weighted by Crippen LogP contribution is 2.43. The van der Waals surface area contributed by atoms with E-state index in [1.54, 1.807) is 29.5 Å². The summed E-state index contributed by atoms with van der Waals surface area (Å²) in [6.07, 6.45) is 2.69. The molecule has 1 aliphatic carbocycles. The average Bonchev–Trinajstić information content (AvgIpc) is 3.26. The second kappa shape index (κ2) is 8.99. The monoisotopic (exact) mass is 498 g/mol. The summed E-state index contributed by atoms with van der Waals surface area (Å²) in [6, 6.07) is 18.6. The lowest BCUT2D eigenvalue weighted by atomic mass is 9.88. The van der Waals surface area contributed by atoms with Crippen molar-refractivity contribution in [3.8, 4) is 11.5 Å². The van der Waals surface area contributed by atoms with Crippen LogP contribution in [0.3, 0.4) is 0 Å². The zero-order chi connectivity index (χ0) is 24.8. The van der Waals surface area contributed by atoms with Gasteiger partial charge in [0, 0.05) is 4.88 Å². The van der Waals surface area contributed by atoms with Crippen LogP contribution in [0.2, 0.25) is 0 Å². The van der Waals surface area contributed by atoms with E-state index >= 15 is 0 Å². The lowest BCUT2D eigenvalue weighted by molar-refractivity contribution is 0.0731. The molecular weight excluding hydrogens is 472 g/mol. The van der Waals surface area contributed by atoms with Crippen molar-refractivity contribution in [3.63, 3.8) is 0 Å². The van der Waals surface area contributed by atoms with Crippen LogP contribution < -0.4 is 20.1 Å². The first-order valence-electron chi connectivity index (χ1n) is 12.1. The fourth-order valence-electron chi connectivity index (χ4n) is 5.14. The van der Waals surface area contributed by atoms with Crippen molar-refractivity contribution in [2.75, 3.05) is 12.4 Å². The Bertz CT molecular complexity index is 1500. The van der Waals surface area contributed by atoms with Gasteiger partial charge in [-0.05, 0) is 65.3 Å². The third kappa shape index (κ3) is 3.89. The van der Waals surface area contributed by atoms with E-state index in [4.69, 9.17) is 9.47 Å². The van der Waals surface area contributed by atoms with Gasteiger partial charge < -0.3 is 20.1 Å². The molecule has 182 valence electrons. The number of hydrogen-bond donors (Lipinski definition) is 2. The minimum atomic E-state index is -0.454. The third-order valence-corrected chi connectivity index (χ3v) is 8.21. The van der Waals surface area contributed by atoms with Gasteiger partial charge in [-0.2, -0.15) is 0 Å². The summed E-state index contributed by atoms with van der Waals surface area (Å²) in [5, 5.41) is 9.31. The minimum Gasteiger partial charge on any atom is -0.493 e. The number of carbonyl (C=O) groups excluding carboxylic acids is 2. The van der Waals surface area contributed by atoms with Crippen LogP contribution in [0, 0.1) is 5.92 Å². The average molecular weight is 499 g/mol. The molecule has 1 amide bonds. The number of amides is 1. The van der Waals surface area contributed by atoms with Crippen molar-refractivity contribution in [1.29, 1.82) is 0 Å². The molecule has 7 heteroatoms. The van der Waals surface area contributed by atoms with Gasteiger partial charge in [-0.15, -0.1) is 11.3 Å². The maximum atomic E-state index is 13.1. The van der Waals surface area contributed by atoms with E-state index in [1.165, 1.54) is 17.6 Å². The molecule has 0 fully saturated rings. The second-order valence-electron chi connectivity index (χ2n) is 9.43. The molecular formula is C29H26N2O4S. The largest absolute Gasteiger partial charge is 0.493 e. The first-order valence-corrected chi connectivity index (χ1v) is 12.9. The molecule has 36 heavy (non-hydrogen) atoms. The molecule has 0 spiro atoms. The quantitative estimate of drug-likeness (QED) is 0.262. The number of carbonyl (C=O) groups is 2. The molecule has 6 rings (SSSR count). The molecule has 2 atom stereocenters. The lowest BCUT2D eigenvalue weighted by Crippen LogP contribution is -2.38. The highest BCUT2D eigenvalue weighted by Gasteiger charge is 2.33. The normalized spacial score (nSPS) is 18.6. The Labute approximate surface area is 213 Å². The number of esters is 1. The fraction of sp³-hybridized carbons (Fsp3) is 0.241. The summed E-state index contributed by atoms with van der Waals surface area (Å²) >= 11 is 1.69. The van der Waals surface area contributed by atoms with Crippen molar-refractivity contribution in [1.82, 2.24) is 5.32 Å². The number of ether oxygens (including phenoxy) is 2. The SMILES string of the molecule is COc1cc([C@H]2NC(=O)c3c(sc4c3CC[C@@H](C)C4)N2)ccc1OC(=O)c1cccc2ccccc12. The van der Waals surface area contributed by atoms with E-state index in [0.29, 0.717) is 23.0 Å². The lowest BCUT2D eigenvalue weighted by Gasteiger charge is -2.27. The number of thiophene rings is 1. The Kier molecular flexibility index (Phi) is 5.64. The summed E-state index contributed by atoms with van der Waals surface area (Å²) < 4.78 is 11.3. The number of methoxy groups -OCH3 is 1. The van der Waals surface area contributed by atoms with Crippen molar-refractivity contribution < 1.29 is 19.1 Å². The Morgan fingerprint density at radius 1 is 1.03 bits per heavy atom. The Balaban J connectivity index is 1.26. The summed E-state index contributed by atoms with van der Waals surface area (Å²) in [7, 11) is 1.54. The van der Waals surface area contributed by atoms with Gasteiger partial charge in [-0.25, -0.2) is 4.79 Å². The third-order valence-electron chi connectivity index (χ3n) is 7.02. The zero-order valence-electron chi connectivity index (χ0n) is 20.1. The minimum absolute atomic E-state index is 0.0498. The first-order chi connectivity index (χ1) is 17.5. The van der Waals surface area contributed by atoms with Gasteiger partial charge in [0.15, 0.2) is 11.5 Å². The van der Waals surface area contributed by atoms with Crippen LogP contribution >= 0.6 is 11.3 Å². The summed E-state index contributed by atoms with van der Waals surface area (Å²) in [5.74, 6) is 0.880. The number of fused-ring (bicyclic) bond motifs is 4. The van der Waals surface area contributed by atoms with E-state index in [9.17, 15) is 9.59 Å². The Morgan fingerprint density at radius 2 is 1.86 bits per heavy atom. The number of hydrogen-bond acceptors (Lipinski definition) is 6. The van der Waals surface area contributed by atoms with E-state index in [1.807, 2.05) is 42.5 Å². The van der Waals surface area contributed by atoms with Gasteiger partial charge in [-0.3, -0.25) is 4.79 Å². The predicted molar refractivity (Wildman–Crippen MR) is 141 cm³/mol. The molecule has 1 aliphatic heterocycles. The standard InChI is InChI=1S/C29H26N2O4S/c1-16-10-12-21-24(14-16)36-28-25(21)27(32)30-26(31-28)18-11-13-22(23(15-18)34-2)35-29(33)20-9-5-7-17-6-3-4-8-19(17)20/h3-9,11,13,15-16,26,31H,10,12,14H2,1-2H3,(H,30,32)/t16-,26+/m1/s1. The van der Waals surface area contributed by atoms with Crippen molar-refractivity contribution >= 4 is 39.0 Å². The molecule has 2 N–H and O–H groups in total. The van der Waals surface area contributed by atoms with Crippen LogP contribution in [0.4, 0.5) is 5.00 Å². The zero-order valence-corrected chi connectivity index (χ0v) is 20.9. The predicted octanol–water partition coefficient (Wildman–Crippen LogP) is 6.11. The molecule has 0 unspecified atom stereocenters. The number of benzene rings is 3. The molecule has 0 saturated heterocycles. The fourth-order valence-corrected chi connectivity index (χ4v) is 6.57. The van der Waals surface area contributed by atoms with Crippen molar-refractivity contribution in [3.05, 3.63) is 87.8 Å². The molecule has 0 saturated carbocycles. The van der Waals surface area contributed by atoms with E-state index in [0.717, 1.165) is 46.2 Å². The van der Waals surface area contributed by atoms with Crippen LogP contribution in [0.5, 0.6) is 11.5 Å². The van der Waals surface area contributed by atoms with E-state index in [2.05, 4.69) is 17.6 Å². The topological polar surface area (TPSA) is 76.7 Å². The second-order valence-corrected chi connectivity index (χ2v) is 10.5. The summed E-state index contributed by atoms with van der Waals surface area (Å²) in [4.78, 5) is 27.4. The number of anilines is 1. The molecule has 1 aromatic heterocycles. The van der Waals surface area contributed by atoms with Crippen molar-refractivity contribution in [2.45, 2.75) is 32.4 Å². The first kappa shape index (κ1) is 22.6. The Hall–Kier alpha value is -3.84. The van der Waals surface area contributed by atoms with Crippen LogP contribution in [0.15, 0.2) is 60.7 Å². The van der Waals surface area contributed by atoms with Crippen LogP contribution in [0.1, 0.15) is 56.2 Å². The van der Waals surface area contributed by atoms with Crippen molar-refractivity contribution in [2.24, 2.45) is 5.92 Å². The van der Waals surface area contributed by atoms with Gasteiger partial charge >= 0.3 is 5.97 Å². The van der Waals surface area contributed by atoms with Gasteiger partial charge in [0.05, 0.1) is 18.2 Å². The summed E-state index contributed by atoms with van der Waals surface area (Å²) in [5.41, 5.74) is 3.30. The highest BCUT2D eigenvalue weighted by molar-refractivity contribution is 7.16. The number of nitrogens with one attached hydrogen (secondary N) is 2. The maximum Gasteiger partial charge on any atom is 0.344 e. The van der Waals surface area contributed by atoms with Gasteiger partial charge in [-0.1, -0.05) is 49.4 Å². The molecule has 0 radical (unpaired) electrons. The summed E-state index contributed by atoms with van der Waals surface area (Å²) in [6.45, 7) is 2.26.